The summed E-state index contributed by atoms with van der Waals surface area (Å²) in [7, 11) is 1.50. The third kappa shape index (κ3) is 4.41. The number of carbonyl (C=O) groups excluding carboxylic acids is 3. The molecule has 1 unspecified atom stereocenters. The Balaban J connectivity index is 1.97. The zero-order valence-corrected chi connectivity index (χ0v) is 14.0. The molecule has 1 saturated heterocycles. The molecule has 0 bridgehead atoms. The highest BCUT2D eigenvalue weighted by Gasteiger charge is 2.34. The van der Waals surface area contributed by atoms with Crippen molar-refractivity contribution in [2.75, 3.05) is 20.1 Å². The molecule has 2 rings (SSSR count). The smallest absolute Gasteiger partial charge is 0.318 e. The molecule has 126 valence electrons. The van der Waals surface area contributed by atoms with Crippen LogP contribution >= 0.6 is 11.3 Å². The van der Waals surface area contributed by atoms with E-state index in [1.807, 2.05) is 12.3 Å². The minimum absolute atomic E-state index is 0.0486. The van der Waals surface area contributed by atoms with Gasteiger partial charge in [0.2, 0.25) is 11.8 Å². The largest absolute Gasteiger partial charge is 0.359 e. The molecule has 0 aliphatic carbocycles. The number of carbonyl (C=O) groups is 3. The molecule has 1 aromatic rings. The van der Waals surface area contributed by atoms with Crippen LogP contribution in [-0.4, -0.2) is 53.9 Å². The molecule has 4 amide bonds. The summed E-state index contributed by atoms with van der Waals surface area (Å²) in [5, 5.41) is 10.7. The molecular weight excluding hydrogens is 318 g/mol. The van der Waals surface area contributed by atoms with Gasteiger partial charge in [0.05, 0.1) is 18.7 Å². The average Bonchev–Trinajstić information content (AvgIpc) is 3.02. The molecule has 1 aliphatic heterocycles. The van der Waals surface area contributed by atoms with Gasteiger partial charge in [-0.05, 0) is 6.42 Å². The highest BCUT2D eigenvalue weighted by Crippen LogP contribution is 2.12. The Morgan fingerprint density at radius 2 is 2.30 bits per heavy atom. The molecule has 1 aliphatic rings. The van der Waals surface area contributed by atoms with Gasteiger partial charge < -0.3 is 20.9 Å². The number of hydrogen-bond donors (Lipinski definition) is 3. The summed E-state index contributed by atoms with van der Waals surface area (Å²) in [6.45, 7) is 3.09. The van der Waals surface area contributed by atoms with Crippen molar-refractivity contribution >= 4 is 29.2 Å². The molecule has 3 N–H and O–H groups in total. The number of hydrogen-bond acceptors (Lipinski definition) is 5. The zero-order valence-electron chi connectivity index (χ0n) is 13.2. The van der Waals surface area contributed by atoms with Crippen LogP contribution in [0.4, 0.5) is 4.79 Å². The standard InChI is InChI=1S/C14H21N5O3S/c1-3-9-8-23-12(18-9)7-17-14(22)19-5-4-16-13(21)10(19)6-11(20)15-2/h8,10H,3-7H2,1-2H3,(H,15,20)(H,16,21)(H,17,22). The van der Waals surface area contributed by atoms with E-state index in [1.54, 1.807) is 0 Å². The lowest BCUT2D eigenvalue weighted by Gasteiger charge is -2.34. The maximum absolute atomic E-state index is 12.4. The maximum Gasteiger partial charge on any atom is 0.318 e. The lowest BCUT2D eigenvalue weighted by molar-refractivity contribution is -0.132. The highest BCUT2D eigenvalue weighted by atomic mass is 32.1. The number of nitrogens with zero attached hydrogens (tertiary/aromatic N) is 2. The number of aryl methyl sites for hydroxylation is 1. The first-order chi connectivity index (χ1) is 11.0. The van der Waals surface area contributed by atoms with Crippen LogP contribution < -0.4 is 16.0 Å². The lowest BCUT2D eigenvalue weighted by atomic mass is 10.1. The van der Waals surface area contributed by atoms with Gasteiger partial charge in [-0.25, -0.2) is 9.78 Å². The van der Waals surface area contributed by atoms with Gasteiger partial charge >= 0.3 is 6.03 Å². The fourth-order valence-electron chi connectivity index (χ4n) is 2.28. The van der Waals surface area contributed by atoms with Crippen LogP contribution in [0.25, 0.3) is 0 Å². The van der Waals surface area contributed by atoms with Crippen molar-refractivity contribution in [3.05, 3.63) is 16.1 Å². The summed E-state index contributed by atoms with van der Waals surface area (Å²) in [5.41, 5.74) is 0.995. The number of aromatic nitrogens is 1. The molecule has 1 fully saturated rings. The SMILES string of the molecule is CCc1csc(CNC(=O)N2CCNC(=O)C2CC(=O)NC)n1. The van der Waals surface area contributed by atoms with Crippen molar-refractivity contribution in [1.82, 2.24) is 25.8 Å². The van der Waals surface area contributed by atoms with Gasteiger partial charge in [0.15, 0.2) is 0 Å². The Morgan fingerprint density at radius 3 is 2.96 bits per heavy atom. The van der Waals surface area contributed by atoms with Crippen molar-refractivity contribution in [3.8, 4) is 0 Å². The van der Waals surface area contributed by atoms with E-state index >= 15 is 0 Å². The van der Waals surface area contributed by atoms with Crippen molar-refractivity contribution in [2.24, 2.45) is 0 Å². The minimum atomic E-state index is -0.786. The van der Waals surface area contributed by atoms with Crippen LogP contribution in [-0.2, 0) is 22.6 Å². The fraction of sp³-hybridized carbons (Fsp3) is 0.571. The van der Waals surface area contributed by atoms with Gasteiger partial charge in [0, 0.05) is 25.5 Å². The molecule has 0 spiro atoms. The van der Waals surface area contributed by atoms with E-state index in [-0.39, 0.29) is 24.3 Å². The third-order valence-electron chi connectivity index (χ3n) is 3.60. The van der Waals surface area contributed by atoms with E-state index in [2.05, 4.69) is 20.9 Å². The van der Waals surface area contributed by atoms with E-state index < -0.39 is 6.04 Å². The summed E-state index contributed by atoms with van der Waals surface area (Å²) >= 11 is 1.49. The van der Waals surface area contributed by atoms with E-state index in [0.717, 1.165) is 17.1 Å². The first kappa shape index (κ1) is 17.2. The topological polar surface area (TPSA) is 103 Å². The van der Waals surface area contributed by atoms with Crippen LogP contribution in [0.5, 0.6) is 0 Å². The van der Waals surface area contributed by atoms with Gasteiger partial charge in [-0.15, -0.1) is 11.3 Å². The van der Waals surface area contributed by atoms with Gasteiger partial charge in [0.1, 0.15) is 11.0 Å². The Labute approximate surface area is 138 Å². The zero-order chi connectivity index (χ0) is 16.8. The average molecular weight is 339 g/mol. The van der Waals surface area contributed by atoms with Crippen molar-refractivity contribution in [2.45, 2.75) is 32.4 Å². The molecule has 0 aromatic carbocycles. The second-order valence-electron chi connectivity index (χ2n) is 5.12. The van der Waals surface area contributed by atoms with Gasteiger partial charge in [-0.1, -0.05) is 6.92 Å². The molecule has 1 aromatic heterocycles. The van der Waals surface area contributed by atoms with Gasteiger partial charge in [-0.2, -0.15) is 0 Å². The van der Waals surface area contributed by atoms with Crippen LogP contribution in [0.1, 0.15) is 24.0 Å². The predicted molar refractivity (Wildman–Crippen MR) is 85.9 cm³/mol. The summed E-state index contributed by atoms with van der Waals surface area (Å²) in [6, 6.07) is -1.15. The minimum Gasteiger partial charge on any atom is -0.359 e. The first-order valence-corrected chi connectivity index (χ1v) is 8.39. The monoisotopic (exact) mass is 339 g/mol. The number of nitrogens with one attached hydrogen (secondary N) is 3. The molecule has 8 nitrogen and oxygen atoms in total. The van der Waals surface area contributed by atoms with Crippen molar-refractivity contribution in [3.63, 3.8) is 0 Å². The molecule has 1 atom stereocenters. The number of urea groups is 1. The number of amides is 4. The maximum atomic E-state index is 12.4. The number of thiazole rings is 1. The molecule has 2 heterocycles. The Kier molecular flexibility index (Phi) is 5.91. The van der Waals surface area contributed by atoms with Crippen molar-refractivity contribution < 1.29 is 14.4 Å². The first-order valence-electron chi connectivity index (χ1n) is 7.51. The van der Waals surface area contributed by atoms with E-state index in [1.165, 1.54) is 23.3 Å². The fourth-order valence-corrected chi connectivity index (χ4v) is 3.10. The lowest BCUT2D eigenvalue weighted by Crippen LogP contribution is -2.60. The van der Waals surface area contributed by atoms with Gasteiger partial charge in [-0.3, -0.25) is 9.59 Å². The Hall–Kier alpha value is -2.16. The second-order valence-corrected chi connectivity index (χ2v) is 6.07. The summed E-state index contributed by atoms with van der Waals surface area (Å²) < 4.78 is 0. The molecule has 9 heteroatoms. The molecular formula is C14H21N5O3S. The summed E-state index contributed by atoms with van der Waals surface area (Å²) in [4.78, 5) is 41.6. The molecule has 0 radical (unpaired) electrons. The molecule has 0 saturated carbocycles. The normalized spacial score (nSPS) is 17.6. The van der Waals surface area contributed by atoms with Crippen molar-refractivity contribution in [1.29, 1.82) is 0 Å². The number of rotatable bonds is 5. The molecule has 23 heavy (non-hydrogen) atoms. The summed E-state index contributed by atoms with van der Waals surface area (Å²) in [6.07, 6.45) is 0.804. The van der Waals surface area contributed by atoms with Crippen LogP contribution in [0.2, 0.25) is 0 Å². The number of piperazine rings is 1. The highest BCUT2D eigenvalue weighted by molar-refractivity contribution is 7.09. The Morgan fingerprint density at radius 1 is 1.52 bits per heavy atom. The quantitative estimate of drug-likeness (QED) is 0.694. The third-order valence-corrected chi connectivity index (χ3v) is 4.50. The van der Waals surface area contributed by atoms with E-state index in [0.29, 0.717) is 19.6 Å². The summed E-state index contributed by atoms with van der Waals surface area (Å²) in [5.74, 6) is -0.588. The van der Waals surface area contributed by atoms with Crippen LogP contribution in [0.3, 0.4) is 0 Å². The van der Waals surface area contributed by atoms with Crippen LogP contribution in [0, 0.1) is 0 Å². The second kappa shape index (κ2) is 7.91. The van der Waals surface area contributed by atoms with Crippen LogP contribution in [0.15, 0.2) is 5.38 Å². The van der Waals surface area contributed by atoms with E-state index in [4.69, 9.17) is 0 Å². The predicted octanol–water partition coefficient (Wildman–Crippen LogP) is -0.148. The van der Waals surface area contributed by atoms with E-state index in [9.17, 15) is 14.4 Å². The van der Waals surface area contributed by atoms with Gasteiger partial charge in [0.25, 0.3) is 0 Å². The Bertz CT molecular complexity index is 589.